The van der Waals surface area contributed by atoms with Crippen LogP contribution in [0.3, 0.4) is 0 Å². The summed E-state index contributed by atoms with van der Waals surface area (Å²) in [6, 6.07) is 10.5. The average Bonchev–Trinajstić information content (AvgIpc) is 2.42. The molecule has 0 aliphatic rings. The van der Waals surface area contributed by atoms with Crippen molar-refractivity contribution >= 4 is 18.5 Å². The van der Waals surface area contributed by atoms with Crippen LogP contribution < -0.4 is 5.32 Å². The van der Waals surface area contributed by atoms with E-state index >= 15 is 0 Å². The monoisotopic (exact) mass is 289 g/mol. The second-order valence-electron chi connectivity index (χ2n) is 4.78. The standard InChI is InChI=1S/C16H16FNOS/c1-10-6-12(7-11(2)15(10)17)9-18-16(19)13-4-3-5-14(20)8-13/h3-8,20H,9H2,1-2H3,(H,18,19). The summed E-state index contributed by atoms with van der Waals surface area (Å²) in [5.41, 5.74) is 2.63. The molecule has 104 valence electrons. The molecule has 0 spiro atoms. The highest BCUT2D eigenvalue weighted by Gasteiger charge is 2.07. The largest absolute Gasteiger partial charge is 0.348 e. The summed E-state index contributed by atoms with van der Waals surface area (Å²) in [7, 11) is 0. The Morgan fingerprint density at radius 3 is 2.45 bits per heavy atom. The average molecular weight is 289 g/mol. The fraction of sp³-hybridized carbons (Fsp3) is 0.188. The lowest BCUT2D eigenvalue weighted by molar-refractivity contribution is 0.0950. The third kappa shape index (κ3) is 3.39. The predicted molar refractivity (Wildman–Crippen MR) is 80.7 cm³/mol. The number of carbonyl (C=O) groups excluding carboxylic acids is 1. The van der Waals surface area contributed by atoms with E-state index in [2.05, 4.69) is 17.9 Å². The van der Waals surface area contributed by atoms with Crippen molar-refractivity contribution < 1.29 is 9.18 Å². The van der Waals surface area contributed by atoms with E-state index in [0.29, 0.717) is 23.2 Å². The molecule has 0 saturated carbocycles. The van der Waals surface area contributed by atoms with Gasteiger partial charge in [-0.25, -0.2) is 4.39 Å². The summed E-state index contributed by atoms with van der Waals surface area (Å²) in [5.74, 6) is -0.358. The van der Waals surface area contributed by atoms with Crippen molar-refractivity contribution in [2.75, 3.05) is 0 Å². The molecule has 0 unspecified atom stereocenters. The number of rotatable bonds is 3. The van der Waals surface area contributed by atoms with E-state index in [4.69, 9.17) is 0 Å². The van der Waals surface area contributed by atoms with Crippen molar-refractivity contribution in [2.45, 2.75) is 25.3 Å². The molecule has 1 amide bonds. The number of hydrogen-bond donors (Lipinski definition) is 2. The molecular weight excluding hydrogens is 273 g/mol. The van der Waals surface area contributed by atoms with Crippen LogP contribution in [0, 0.1) is 19.7 Å². The third-order valence-electron chi connectivity index (χ3n) is 3.06. The van der Waals surface area contributed by atoms with Crippen molar-refractivity contribution in [3.63, 3.8) is 0 Å². The molecule has 2 rings (SSSR count). The molecule has 0 fully saturated rings. The SMILES string of the molecule is Cc1cc(CNC(=O)c2cccc(S)c2)cc(C)c1F. The first-order valence-electron chi connectivity index (χ1n) is 6.30. The number of thiol groups is 1. The van der Waals surface area contributed by atoms with Crippen LogP contribution in [-0.4, -0.2) is 5.91 Å². The molecule has 0 bridgehead atoms. The summed E-state index contributed by atoms with van der Waals surface area (Å²) in [6.45, 7) is 3.81. The molecule has 20 heavy (non-hydrogen) atoms. The van der Waals surface area contributed by atoms with Crippen molar-refractivity contribution in [2.24, 2.45) is 0 Å². The highest BCUT2D eigenvalue weighted by molar-refractivity contribution is 7.80. The smallest absolute Gasteiger partial charge is 0.251 e. The summed E-state index contributed by atoms with van der Waals surface area (Å²) in [4.78, 5) is 12.7. The topological polar surface area (TPSA) is 29.1 Å². The highest BCUT2D eigenvalue weighted by Crippen LogP contribution is 2.15. The van der Waals surface area contributed by atoms with Gasteiger partial charge in [0.2, 0.25) is 0 Å². The number of nitrogens with one attached hydrogen (secondary N) is 1. The molecule has 0 aliphatic carbocycles. The number of halogens is 1. The first-order chi connectivity index (χ1) is 9.47. The van der Waals surface area contributed by atoms with E-state index in [9.17, 15) is 9.18 Å². The maximum atomic E-state index is 13.5. The van der Waals surface area contributed by atoms with Crippen molar-refractivity contribution in [1.82, 2.24) is 5.32 Å². The number of aryl methyl sites for hydroxylation is 2. The Labute approximate surface area is 123 Å². The summed E-state index contributed by atoms with van der Waals surface area (Å²) in [5, 5.41) is 2.82. The normalized spacial score (nSPS) is 10.4. The van der Waals surface area contributed by atoms with Gasteiger partial charge in [0.1, 0.15) is 5.82 Å². The van der Waals surface area contributed by atoms with Crippen LogP contribution in [0.1, 0.15) is 27.0 Å². The number of hydrogen-bond acceptors (Lipinski definition) is 2. The Bertz CT molecular complexity index is 632. The van der Waals surface area contributed by atoms with Gasteiger partial charge in [0, 0.05) is 17.0 Å². The Balaban J connectivity index is 2.07. The minimum atomic E-state index is -0.192. The predicted octanol–water partition coefficient (Wildman–Crippen LogP) is 3.66. The quantitative estimate of drug-likeness (QED) is 0.830. The van der Waals surface area contributed by atoms with E-state index < -0.39 is 0 Å². The van der Waals surface area contributed by atoms with Gasteiger partial charge in [0.05, 0.1) is 0 Å². The first-order valence-corrected chi connectivity index (χ1v) is 6.75. The van der Waals surface area contributed by atoms with E-state index in [1.807, 2.05) is 6.07 Å². The zero-order valence-corrected chi connectivity index (χ0v) is 12.3. The summed E-state index contributed by atoms with van der Waals surface area (Å²) < 4.78 is 13.5. The zero-order valence-electron chi connectivity index (χ0n) is 11.4. The van der Waals surface area contributed by atoms with Gasteiger partial charge in [-0.15, -0.1) is 12.6 Å². The van der Waals surface area contributed by atoms with Gasteiger partial charge in [0.25, 0.3) is 5.91 Å². The van der Waals surface area contributed by atoms with Crippen LogP contribution in [0.5, 0.6) is 0 Å². The molecule has 0 heterocycles. The van der Waals surface area contributed by atoms with Crippen LogP contribution in [0.2, 0.25) is 0 Å². The molecule has 2 nitrogen and oxygen atoms in total. The molecule has 0 aliphatic heterocycles. The van der Waals surface area contributed by atoms with Gasteiger partial charge in [0.15, 0.2) is 0 Å². The molecule has 0 atom stereocenters. The van der Waals surface area contributed by atoms with Crippen LogP contribution in [0.4, 0.5) is 4.39 Å². The van der Waals surface area contributed by atoms with E-state index in [-0.39, 0.29) is 11.7 Å². The van der Waals surface area contributed by atoms with E-state index in [1.165, 1.54) is 0 Å². The molecular formula is C16H16FNOS. The van der Waals surface area contributed by atoms with Crippen molar-refractivity contribution in [3.8, 4) is 0 Å². The Kier molecular flexibility index (Phi) is 4.45. The summed E-state index contributed by atoms with van der Waals surface area (Å²) in [6.07, 6.45) is 0. The second-order valence-corrected chi connectivity index (χ2v) is 5.29. The molecule has 0 saturated heterocycles. The molecule has 2 aromatic carbocycles. The van der Waals surface area contributed by atoms with Gasteiger partial charge >= 0.3 is 0 Å². The summed E-state index contributed by atoms with van der Waals surface area (Å²) >= 11 is 4.20. The zero-order chi connectivity index (χ0) is 14.7. The van der Waals surface area contributed by atoms with Gasteiger partial charge in [-0.2, -0.15) is 0 Å². The lowest BCUT2D eigenvalue weighted by Crippen LogP contribution is -2.22. The molecule has 0 aromatic heterocycles. The molecule has 4 heteroatoms. The van der Waals surface area contributed by atoms with Crippen molar-refractivity contribution in [3.05, 3.63) is 64.5 Å². The maximum Gasteiger partial charge on any atom is 0.251 e. The minimum Gasteiger partial charge on any atom is -0.348 e. The maximum absolute atomic E-state index is 13.5. The van der Waals surface area contributed by atoms with Crippen LogP contribution in [0.25, 0.3) is 0 Å². The minimum absolute atomic E-state index is 0.166. The first kappa shape index (κ1) is 14.6. The lowest BCUT2D eigenvalue weighted by Gasteiger charge is -2.09. The van der Waals surface area contributed by atoms with Gasteiger partial charge in [-0.3, -0.25) is 4.79 Å². The van der Waals surface area contributed by atoms with Crippen LogP contribution >= 0.6 is 12.6 Å². The number of amides is 1. The van der Waals surface area contributed by atoms with Crippen LogP contribution in [0.15, 0.2) is 41.3 Å². The Morgan fingerprint density at radius 1 is 1.20 bits per heavy atom. The van der Waals surface area contributed by atoms with Gasteiger partial charge < -0.3 is 5.32 Å². The fourth-order valence-electron chi connectivity index (χ4n) is 2.07. The molecule has 1 N–H and O–H groups in total. The second kappa shape index (κ2) is 6.09. The number of carbonyl (C=O) groups is 1. The fourth-order valence-corrected chi connectivity index (χ4v) is 2.29. The Morgan fingerprint density at radius 2 is 1.85 bits per heavy atom. The third-order valence-corrected chi connectivity index (χ3v) is 3.34. The van der Waals surface area contributed by atoms with Crippen LogP contribution in [-0.2, 0) is 6.54 Å². The highest BCUT2D eigenvalue weighted by atomic mass is 32.1. The van der Waals surface area contributed by atoms with E-state index in [1.54, 1.807) is 44.2 Å². The molecule has 0 radical (unpaired) electrons. The number of benzene rings is 2. The van der Waals surface area contributed by atoms with Gasteiger partial charge in [-0.1, -0.05) is 18.2 Å². The Hall–Kier alpha value is -1.81. The molecule has 2 aromatic rings. The van der Waals surface area contributed by atoms with Crippen molar-refractivity contribution in [1.29, 1.82) is 0 Å². The lowest BCUT2D eigenvalue weighted by atomic mass is 10.1. The van der Waals surface area contributed by atoms with E-state index in [0.717, 1.165) is 10.5 Å². The van der Waals surface area contributed by atoms with Gasteiger partial charge in [-0.05, 0) is 48.7 Å².